The Morgan fingerprint density at radius 1 is 1.00 bits per heavy atom. The van der Waals surface area contributed by atoms with Gasteiger partial charge in [-0.15, -0.1) is 0 Å². The number of nitrogens with zero attached hydrogens (tertiary/aromatic N) is 2. The molecule has 5 heteroatoms. The number of hydrogen-bond donors (Lipinski definition) is 0. The summed E-state index contributed by atoms with van der Waals surface area (Å²) < 4.78 is 15.0. The number of pyridine rings is 1. The maximum Gasteiger partial charge on any atom is 0.195 e. The molecule has 4 rings (SSSR count). The van der Waals surface area contributed by atoms with Gasteiger partial charge in [-0.2, -0.15) is 0 Å². The third kappa shape index (κ3) is 3.66. The van der Waals surface area contributed by atoms with Crippen LogP contribution >= 0.6 is 0 Å². The summed E-state index contributed by atoms with van der Waals surface area (Å²) in [6, 6.07) is 20.8. The fourth-order valence-corrected chi connectivity index (χ4v) is 5.06. The molecule has 2 aromatic carbocycles. The quantitative estimate of drug-likeness (QED) is 0.429. The van der Waals surface area contributed by atoms with Crippen LogP contribution in [0, 0.1) is 6.92 Å². The van der Waals surface area contributed by atoms with Gasteiger partial charge in [0.15, 0.2) is 5.78 Å². The van der Waals surface area contributed by atoms with E-state index in [2.05, 4.69) is 16.5 Å². The summed E-state index contributed by atoms with van der Waals surface area (Å²) >= 11 is 0. The molecule has 2 aromatic heterocycles. The van der Waals surface area contributed by atoms with Crippen LogP contribution in [0.5, 0.6) is 0 Å². The molecule has 146 valence electrons. The minimum Gasteiger partial charge on any atom is -0.340 e. The molecular weight excluding hydrogens is 380 g/mol. The van der Waals surface area contributed by atoms with Crippen LogP contribution in [-0.4, -0.2) is 25.3 Å². The SMILES string of the molecule is Cc1c(C(=O)c2ccccc2)c2ccccc2n1C(C)CS(=O)c1ccncc1. The number of fused-ring (bicyclic) bond motifs is 1. The van der Waals surface area contributed by atoms with Crippen molar-refractivity contribution in [3.8, 4) is 0 Å². The van der Waals surface area contributed by atoms with Gasteiger partial charge in [0.2, 0.25) is 0 Å². The Morgan fingerprint density at radius 2 is 1.66 bits per heavy atom. The predicted octanol–water partition coefficient (Wildman–Crippen LogP) is 4.94. The molecular formula is C24H22N2O2S. The molecule has 0 saturated carbocycles. The lowest BCUT2D eigenvalue weighted by Crippen LogP contribution is -2.15. The van der Waals surface area contributed by atoms with Crippen molar-refractivity contribution in [3.63, 3.8) is 0 Å². The van der Waals surface area contributed by atoms with Crippen LogP contribution in [0.3, 0.4) is 0 Å². The summed E-state index contributed by atoms with van der Waals surface area (Å²) in [5.74, 6) is 0.475. The number of aromatic nitrogens is 2. The molecule has 4 aromatic rings. The van der Waals surface area contributed by atoms with Crippen molar-refractivity contribution in [1.29, 1.82) is 0 Å². The zero-order valence-electron chi connectivity index (χ0n) is 16.4. The molecule has 4 nitrogen and oxygen atoms in total. The summed E-state index contributed by atoms with van der Waals surface area (Å²) in [5, 5.41) is 0.931. The lowest BCUT2D eigenvalue weighted by Gasteiger charge is -2.17. The van der Waals surface area contributed by atoms with Crippen molar-refractivity contribution >= 4 is 27.5 Å². The molecule has 0 aliphatic rings. The standard InChI is InChI=1S/C24H22N2O2S/c1-17(16-29(28)20-12-14-25-15-13-20)26-18(2)23(21-10-6-7-11-22(21)26)24(27)19-8-4-3-5-9-19/h3-15,17H,16H2,1-2H3. The smallest absolute Gasteiger partial charge is 0.195 e. The number of para-hydroxylation sites is 1. The molecule has 2 unspecified atom stereocenters. The van der Waals surface area contributed by atoms with E-state index >= 15 is 0 Å². The average Bonchev–Trinajstić information content (AvgIpc) is 3.06. The van der Waals surface area contributed by atoms with Crippen LogP contribution in [0.1, 0.15) is 34.6 Å². The molecule has 29 heavy (non-hydrogen) atoms. The van der Waals surface area contributed by atoms with E-state index in [1.807, 2.05) is 61.5 Å². The second-order valence-corrected chi connectivity index (χ2v) is 8.58. The zero-order valence-corrected chi connectivity index (χ0v) is 17.2. The fraction of sp³-hybridized carbons (Fsp3) is 0.167. The van der Waals surface area contributed by atoms with E-state index in [4.69, 9.17) is 0 Å². The molecule has 0 N–H and O–H groups in total. The minimum absolute atomic E-state index is 0.0144. The van der Waals surface area contributed by atoms with Crippen LogP contribution in [0.25, 0.3) is 10.9 Å². The molecule has 0 amide bonds. The highest BCUT2D eigenvalue weighted by Gasteiger charge is 2.24. The number of benzene rings is 2. The van der Waals surface area contributed by atoms with E-state index in [9.17, 15) is 9.00 Å². The van der Waals surface area contributed by atoms with E-state index in [0.29, 0.717) is 16.9 Å². The lowest BCUT2D eigenvalue weighted by atomic mass is 10.0. The Labute approximate surface area is 172 Å². The van der Waals surface area contributed by atoms with Gasteiger partial charge in [0, 0.05) is 51.2 Å². The molecule has 2 heterocycles. The van der Waals surface area contributed by atoms with E-state index < -0.39 is 10.8 Å². The highest BCUT2D eigenvalue weighted by atomic mass is 32.2. The first-order valence-corrected chi connectivity index (χ1v) is 10.9. The minimum atomic E-state index is -1.15. The van der Waals surface area contributed by atoms with Crippen LogP contribution in [0.4, 0.5) is 0 Å². The van der Waals surface area contributed by atoms with Gasteiger partial charge in [0.05, 0.1) is 16.4 Å². The maximum absolute atomic E-state index is 13.3. The van der Waals surface area contributed by atoms with Gasteiger partial charge in [0.1, 0.15) is 0 Å². The summed E-state index contributed by atoms with van der Waals surface area (Å²) in [6.07, 6.45) is 3.32. The van der Waals surface area contributed by atoms with Crippen molar-refractivity contribution in [3.05, 3.63) is 95.9 Å². The predicted molar refractivity (Wildman–Crippen MR) is 117 cm³/mol. The third-order valence-electron chi connectivity index (χ3n) is 5.17. The van der Waals surface area contributed by atoms with Gasteiger partial charge < -0.3 is 4.57 Å². The maximum atomic E-state index is 13.3. The first-order valence-electron chi connectivity index (χ1n) is 9.55. The Morgan fingerprint density at radius 3 is 2.38 bits per heavy atom. The van der Waals surface area contributed by atoms with Crippen molar-refractivity contribution in [1.82, 2.24) is 9.55 Å². The Kier molecular flexibility index (Phi) is 5.41. The summed E-state index contributed by atoms with van der Waals surface area (Å²) in [7, 11) is -1.15. The molecule has 0 aliphatic carbocycles. The number of hydrogen-bond acceptors (Lipinski definition) is 3. The highest BCUT2D eigenvalue weighted by Crippen LogP contribution is 2.31. The van der Waals surface area contributed by atoms with Crippen LogP contribution in [0.15, 0.2) is 84.0 Å². The van der Waals surface area contributed by atoms with Crippen molar-refractivity contribution < 1.29 is 9.00 Å². The summed E-state index contributed by atoms with van der Waals surface area (Å²) in [5.41, 5.74) is 3.28. The monoisotopic (exact) mass is 402 g/mol. The molecule has 0 aliphatic heterocycles. The second-order valence-electron chi connectivity index (χ2n) is 7.09. The van der Waals surface area contributed by atoms with Crippen LogP contribution in [-0.2, 0) is 10.8 Å². The number of carbonyl (C=O) groups is 1. The largest absolute Gasteiger partial charge is 0.340 e. The number of ketones is 1. The number of carbonyl (C=O) groups excluding carboxylic acids is 1. The first-order chi connectivity index (χ1) is 14.1. The van der Waals surface area contributed by atoms with Crippen LogP contribution < -0.4 is 0 Å². The van der Waals surface area contributed by atoms with Gasteiger partial charge in [-0.05, 0) is 32.0 Å². The van der Waals surface area contributed by atoms with E-state index in [-0.39, 0.29) is 11.8 Å². The molecule has 0 saturated heterocycles. The van der Waals surface area contributed by atoms with Crippen molar-refractivity contribution in [2.75, 3.05) is 5.75 Å². The summed E-state index contributed by atoms with van der Waals surface area (Å²) in [6.45, 7) is 4.03. The second kappa shape index (κ2) is 8.13. The third-order valence-corrected chi connectivity index (χ3v) is 6.75. The van der Waals surface area contributed by atoms with Gasteiger partial charge in [-0.1, -0.05) is 48.5 Å². The first kappa shape index (κ1) is 19.3. The average molecular weight is 403 g/mol. The molecule has 0 spiro atoms. The van der Waals surface area contributed by atoms with Gasteiger partial charge in [0.25, 0.3) is 0 Å². The molecule has 2 atom stereocenters. The van der Waals surface area contributed by atoms with E-state index in [1.54, 1.807) is 24.5 Å². The fourth-order valence-electron chi connectivity index (χ4n) is 3.86. The van der Waals surface area contributed by atoms with E-state index in [1.165, 1.54) is 0 Å². The molecule has 0 radical (unpaired) electrons. The van der Waals surface area contributed by atoms with Crippen LogP contribution in [0.2, 0.25) is 0 Å². The van der Waals surface area contributed by atoms with Crippen molar-refractivity contribution in [2.24, 2.45) is 0 Å². The Bertz CT molecular complexity index is 1180. The van der Waals surface area contributed by atoms with E-state index in [0.717, 1.165) is 21.5 Å². The topological polar surface area (TPSA) is 52.0 Å². The Balaban J connectivity index is 1.76. The molecule has 0 bridgehead atoms. The normalized spacial score (nSPS) is 13.3. The van der Waals surface area contributed by atoms with Gasteiger partial charge in [-0.25, -0.2) is 0 Å². The summed E-state index contributed by atoms with van der Waals surface area (Å²) in [4.78, 5) is 18.0. The Hall–Kier alpha value is -3.05. The highest BCUT2D eigenvalue weighted by molar-refractivity contribution is 7.85. The number of rotatable bonds is 6. The molecule has 0 fully saturated rings. The zero-order chi connectivity index (χ0) is 20.4. The van der Waals surface area contributed by atoms with Gasteiger partial charge >= 0.3 is 0 Å². The van der Waals surface area contributed by atoms with Crippen molar-refractivity contribution in [2.45, 2.75) is 24.8 Å². The lowest BCUT2D eigenvalue weighted by molar-refractivity contribution is 0.103. The van der Waals surface area contributed by atoms with Gasteiger partial charge in [-0.3, -0.25) is 14.0 Å².